The maximum absolute atomic E-state index is 3.62. The molecule has 15 heavy (non-hydrogen) atoms. The van der Waals surface area contributed by atoms with Crippen molar-refractivity contribution in [3.8, 4) is 0 Å². The fraction of sp³-hybridized carbons (Fsp3) is 0.667. The molecule has 1 nitrogen and oxygen atoms in total. The first-order valence-electron chi connectivity index (χ1n) is 5.44. The Morgan fingerprint density at radius 1 is 1.53 bits per heavy atom. The van der Waals surface area contributed by atoms with Crippen molar-refractivity contribution in [1.82, 2.24) is 5.32 Å². The van der Waals surface area contributed by atoms with Gasteiger partial charge in [-0.05, 0) is 47.3 Å². The molecule has 1 N–H and O–H groups in total. The lowest BCUT2D eigenvalue weighted by Crippen LogP contribution is -2.32. The lowest BCUT2D eigenvalue weighted by Gasteiger charge is -2.28. The number of halogens is 1. The van der Waals surface area contributed by atoms with Crippen LogP contribution in [0.25, 0.3) is 0 Å². The van der Waals surface area contributed by atoms with Crippen LogP contribution in [-0.2, 0) is 5.41 Å². The first-order valence-corrected chi connectivity index (χ1v) is 7.11. The first kappa shape index (κ1) is 13.2. The second kappa shape index (κ2) is 5.46. The Hall–Kier alpha value is 0.140. The molecule has 1 atom stereocenters. The predicted molar refractivity (Wildman–Crippen MR) is 72.8 cm³/mol. The summed E-state index contributed by atoms with van der Waals surface area (Å²) in [5.41, 5.74) is 0.245. The predicted octanol–water partition coefficient (Wildman–Crippen LogP) is 4.18. The standard InChI is InChI=1S/C12H20BrNS/c1-5-14-9(2)8-12(3,4)11-10(13)6-7-15-11/h6-7,9,14H,5,8H2,1-4H3. The van der Waals surface area contributed by atoms with Gasteiger partial charge < -0.3 is 5.32 Å². The fourth-order valence-electron chi connectivity index (χ4n) is 2.06. The van der Waals surface area contributed by atoms with Gasteiger partial charge in [0, 0.05) is 20.8 Å². The minimum Gasteiger partial charge on any atom is -0.314 e. The molecule has 1 unspecified atom stereocenters. The molecule has 0 aromatic carbocycles. The fourth-order valence-corrected chi connectivity index (χ4v) is 4.10. The van der Waals surface area contributed by atoms with Gasteiger partial charge in [-0.15, -0.1) is 11.3 Å². The molecule has 1 rings (SSSR count). The van der Waals surface area contributed by atoms with Crippen LogP contribution in [0.15, 0.2) is 15.9 Å². The topological polar surface area (TPSA) is 12.0 Å². The molecule has 0 amide bonds. The van der Waals surface area contributed by atoms with Gasteiger partial charge in [0.25, 0.3) is 0 Å². The van der Waals surface area contributed by atoms with Crippen molar-refractivity contribution in [3.05, 3.63) is 20.8 Å². The molecule has 86 valence electrons. The molecule has 0 spiro atoms. The zero-order chi connectivity index (χ0) is 11.5. The second-order valence-corrected chi connectivity index (χ2v) is 6.41. The summed E-state index contributed by atoms with van der Waals surface area (Å²) in [5, 5.41) is 5.62. The molecular weight excluding hydrogens is 270 g/mol. The molecule has 0 fully saturated rings. The average Bonchev–Trinajstić information content (AvgIpc) is 2.51. The molecule has 0 radical (unpaired) electrons. The molecule has 1 aromatic heterocycles. The normalized spacial score (nSPS) is 14.2. The molecule has 0 aliphatic rings. The van der Waals surface area contributed by atoms with E-state index >= 15 is 0 Å². The molecule has 0 saturated carbocycles. The van der Waals surface area contributed by atoms with Crippen LogP contribution in [0.5, 0.6) is 0 Å². The van der Waals surface area contributed by atoms with Gasteiger partial charge in [-0.1, -0.05) is 20.8 Å². The Labute approximate surface area is 105 Å². The van der Waals surface area contributed by atoms with Gasteiger partial charge in [-0.3, -0.25) is 0 Å². The summed E-state index contributed by atoms with van der Waals surface area (Å²) in [6.45, 7) is 10.1. The van der Waals surface area contributed by atoms with Crippen LogP contribution in [0.2, 0.25) is 0 Å². The van der Waals surface area contributed by atoms with E-state index in [1.165, 1.54) is 15.8 Å². The van der Waals surface area contributed by atoms with Gasteiger partial charge in [0.15, 0.2) is 0 Å². The van der Waals surface area contributed by atoms with Crippen LogP contribution in [0, 0.1) is 0 Å². The van der Waals surface area contributed by atoms with Crippen LogP contribution in [0.4, 0.5) is 0 Å². The largest absolute Gasteiger partial charge is 0.314 e. The second-order valence-electron chi connectivity index (χ2n) is 4.64. The van der Waals surface area contributed by atoms with E-state index < -0.39 is 0 Å². The van der Waals surface area contributed by atoms with Crippen molar-refractivity contribution in [1.29, 1.82) is 0 Å². The van der Waals surface area contributed by atoms with E-state index in [2.05, 4.69) is 60.4 Å². The summed E-state index contributed by atoms with van der Waals surface area (Å²) in [6.07, 6.45) is 1.17. The molecule has 0 aliphatic carbocycles. The van der Waals surface area contributed by atoms with Crippen molar-refractivity contribution in [3.63, 3.8) is 0 Å². The van der Waals surface area contributed by atoms with Crippen molar-refractivity contribution in [2.24, 2.45) is 0 Å². The minimum absolute atomic E-state index is 0.245. The zero-order valence-electron chi connectivity index (χ0n) is 9.93. The van der Waals surface area contributed by atoms with Gasteiger partial charge in [0.2, 0.25) is 0 Å². The quantitative estimate of drug-likeness (QED) is 0.858. The average molecular weight is 290 g/mol. The van der Waals surface area contributed by atoms with E-state index in [1.807, 2.05) is 11.3 Å². The van der Waals surface area contributed by atoms with E-state index in [4.69, 9.17) is 0 Å². The molecule has 0 saturated heterocycles. The molecule has 1 aromatic rings. The lowest BCUT2D eigenvalue weighted by molar-refractivity contribution is 0.399. The summed E-state index contributed by atoms with van der Waals surface area (Å²) < 4.78 is 1.25. The van der Waals surface area contributed by atoms with Crippen LogP contribution >= 0.6 is 27.3 Å². The van der Waals surface area contributed by atoms with E-state index in [9.17, 15) is 0 Å². The number of thiophene rings is 1. The SMILES string of the molecule is CCNC(C)CC(C)(C)c1sccc1Br. The lowest BCUT2D eigenvalue weighted by atomic mass is 9.84. The number of hydrogen-bond donors (Lipinski definition) is 1. The Bertz CT molecular complexity index is 306. The van der Waals surface area contributed by atoms with E-state index in [0.29, 0.717) is 6.04 Å². The highest BCUT2D eigenvalue weighted by Gasteiger charge is 2.26. The molecule has 0 bridgehead atoms. The van der Waals surface area contributed by atoms with Gasteiger partial charge in [0.1, 0.15) is 0 Å². The molecular formula is C12H20BrNS. The Kier molecular flexibility index (Phi) is 4.81. The summed E-state index contributed by atoms with van der Waals surface area (Å²) in [7, 11) is 0. The summed E-state index contributed by atoms with van der Waals surface area (Å²) in [6, 6.07) is 2.71. The first-order chi connectivity index (χ1) is 6.97. The smallest absolute Gasteiger partial charge is 0.0319 e. The summed E-state index contributed by atoms with van der Waals surface area (Å²) >= 11 is 5.46. The summed E-state index contributed by atoms with van der Waals surface area (Å²) in [4.78, 5) is 1.45. The summed E-state index contributed by atoms with van der Waals surface area (Å²) in [5.74, 6) is 0. The van der Waals surface area contributed by atoms with Crippen LogP contribution in [0.3, 0.4) is 0 Å². The van der Waals surface area contributed by atoms with E-state index in [-0.39, 0.29) is 5.41 Å². The monoisotopic (exact) mass is 289 g/mol. The van der Waals surface area contributed by atoms with Crippen molar-refractivity contribution in [2.75, 3.05) is 6.54 Å². The maximum Gasteiger partial charge on any atom is 0.0319 e. The third kappa shape index (κ3) is 3.58. The van der Waals surface area contributed by atoms with Gasteiger partial charge in [-0.25, -0.2) is 0 Å². The van der Waals surface area contributed by atoms with Crippen LogP contribution in [-0.4, -0.2) is 12.6 Å². The van der Waals surface area contributed by atoms with Gasteiger partial charge in [0.05, 0.1) is 0 Å². The third-order valence-electron chi connectivity index (χ3n) is 2.60. The number of nitrogens with one attached hydrogen (secondary N) is 1. The Morgan fingerprint density at radius 3 is 2.67 bits per heavy atom. The Morgan fingerprint density at radius 2 is 2.20 bits per heavy atom. The number of rotatable bonds is 5. The van der Waals surface area contributed by atoms with Crippen molar-refractivity contribution >= 4 is 27.3 Å². The van der Waals surface area contributed by atoms with Crippen molar-refractivity contribution in [2.45, 2.75) is 45.6 Å². The maximum atomic E-state index is 3.62. The highest BCUT2D eigenvalue weighted by atomic mass is 79.9. The van der Waals surface area contributed by atoms with E-state index in [1.54, 1.807) is 0 Å². The number of hydrogen-bond acceptors (Lipinski definition) is 2. The van der Waals surface area contributed by atoms with Crippen LogP contribution < -0.4 is 5.32 Å². The highest BCUT2D eigenvalue weighted by Crippen LogP contribution is 2.37. The molecule has 3 heteroatoms. The minimum atomic E-state index is 0.245. The third-order valence-corrected chi connectivity index (χ3v) is 4.80. The van der Waals surface area contributed by atoms with Crippen LogP contribution in [0.1, 0.15) is 39.0 Å². The van der Waals surface area contributed by atoms with Gasteiger partial charge in [-0.2, -0.15) is 0 Å². The zero-order valence-corrected chi connectivity index (χ0v) is 12.3. The van der Waals surface area contributed by atoms with E-state index in [0.717, 1.165) is 6.54 Å². The highest BCUT2D eigenvalue weighted by molar-refractivity contribution is 9.10. The Balaban J connectivity index is 2.71. The molecule has 1 heterocycles. The molecule has 0 aliphatic heterocycles. The van der Waals surface area contributed by atoms with Gasteiger partial charge >= 0.3 is 0 Å². The van der Waals surface area contributed by atoms with Crippen molar-refractivity contribution < 1.29 is 0 Å².